The van der Waals surface area contributed by atoms with Crippen LogP contribution in [0.1, 0.15) is 32.4 Å². The molecule has 0 aromatic carbocycles. The Hall–Kier alpha value is -2.24. The minimum atomic E-state index is -0.409. The lowest BCUT2D eigenvalue weighted by Crippen LogP contribution is -2.30. The Bertz CT molecular complexity index is 591. The summed E-state index contributed by atoms with van der Waals surface area (Å²) in [6.07, 6.45) is 4.03. The SMILES string of the molecule is CC(C)C(=O)NC(C)c1ccc(-n2cc(F)cn2)nc1. The molecular formula is C14H17FN4O. The zero-order chi connectivity index (χ0) is 14.7. The molecule has 6 heteroatoms. The van der Waals surface area contributed by atoms with E-state index in [0.717, 1.165) is 11.8 Å². The average molecular weight is 276 g/mol. The van der Waals surface area contributed by atoms with Crippen LogP contribution in [0.15, 0.2) is 30.7 Å². The van der Waals surface area contributed by atoms with Crippen LogP contribution in [0.5, 0.6) is 0 Å². The van der Waals surface area contributed by atoms with Crippen LogP contribution in [-0.4, -0.2) is 20.7 Å². The maximum Gasteiger partial charge on any atom is 0.223 e. The fraction of sp³-hybridized carbons (Fsp3) is 0.357. The maximum atomic E-state index is 12.9. The van der Waals surface area contributed by atoms with Gasteiger partial charge in [0.2, 0.25) is 5.91 Å². The number of hydrogen-bond donors (Lipinski definition) is 1. The molecule has 0 aliphatic carbocycles. The van der Waals surface area contributed by atoms with Crippen LogP contribution in [0.3, 0.4) is 0 Å². The Morgan fingerprint density at radius 1 is 1.30 bits per heavy atom. The third-order valence-electron chi connectivity index (χ3n) is 2.94. The van der Waals surface area contributed by atoms with Crippen LogP contribution in [0.25, 0.3) is 5.82 Å². The van der Waals surface area contributed by atoms with Gasteiger partial charge >= 0.3 is 0 Å². The second-order valence-electron chi connectivity index (χ2n) is 4.94. The highest BCUT2D eigenvalue weighted by Crippen LogP contribution is 2.14. The first kappa shape index (κ1) is 14.2. The first-order valence-corrected chi connectivity index (χ1v) is 6.44. The van der Waals surface area contributed by atoms with E-state index in [1.807, 2.05) is 26.8 Å². The molecule has 5 nitrogen and oxygen atoms in total. The summed E-state index contributed by atoms with van der Waals surface area (Å²) >= 11 is 0. The summed E-state index contributed by atoms with van der Waals surface area (Å²) < 4.78 is 14.2. The van der Waals surface area contributed by atoms with Gasteiger partial charge in [-0.15, -0.1) is 0 Å². The summed E-state index contributed by atoms with van der Waals surface area (Å²) in [5, 5.41) is 6.74. The summed E-state index contributed by atoms with van der Waals surface area (Å²) in [4.78, 5) is 15.8. The van der Waals surface area contributed by atoms with Crippen molar-refractivity contribution >= 4 is 5.91 Å². The number of carbonyl (C=O) groups excluding carboxylic acids is 1. The lowest BCUT2D eigenvalue weighted by molar-refractivity contribution is -0.124. The lowest BCUT2D eigenvalue weighted by atomic mass is 10.1. The number of rotatable bonds is 4. The molecule has 1 unspecified atom stereocenters. The van der Waals surface area contributed by atoms with Gasteiger partial charge in [0, 0.05) is 12.1 Å². The van der Waals surface area contributed by atoms with Crippen LogP contribution in [0.4, 0.5) is 4.39 Å². The first-order chi connectivity index (χ1) is 9.47. The van der Waals surface area contributed by atoms with Gasteiger partial charge in [0.1, 0.15) is 0 Å². The average Bonchev–Trinajstić information content (AvgIpc) is 2.85. The Labute approximate surface area is 116 Å². The normalized spacial score (nSPS) is 12.4. The second kappa shape index (κ2) is 5.81. The Morgan fingerprint density at radius 3 is 2.55 bits per heavy atom. The van der Waals surface area contributed by atoms with E-state index >= 15 is 0 Å². The number of amides is 1. The molecule has 0 saturated carbocycles. The van der Waals surface area contributed by atoms with Gasteiger partial charge in [-0.1, -0.05) is 19.9 Å². The molecule has 2 aromatic heterocycles. The number of carbonyl (C=O) groups is 1. The molecule has 0 radical (unpaired) electrons. The van der Waals surface area contributed by atoms with Gasteiger partial charge in [-0.2, -0.15) is 5.10 Å². The van der Waals surface area contributed by atoms with Crippen molar-refractivity contribution in [1.29, 1.82) is 0 Å². The molecule has 106 valence electrons. The highest BCUT2D eigenvalue weighted by atomic mass is 19.1. The molecule has 0 aliphatic rings. The zero-order valence-electron chi connectivity index (χ0n) is 11.7. The van der Waals surface area contributed by atoms with Crippen molar-refractivity contribution in [1.82, 2.24) is 20.1 Å². The predicted molar refractivity (Wildman–Crippen MR) is 72.7 cm³/mol. The molecule has 0 fully saturated rings. The van der Waals surface area contributed by atoms with Gasteiger partial charge in [0.25, 0.3) is 0 Å². The number of nitrogens with one attached hydrogen (secondary N) is 1. The topological polar surface area (TPSA) is 59.8 Å². The highest BCUT2D eigenvalue weighted by molar-refractivity contribution is 5.78. The number of aromatic nitrogens is 3. The standard InChI is InChI=1S/C14H17FN4O/c1-9(2)14(20)18-10(3)11-4-5-13(16-6-11)19-8-12(15)7-17-19/h4-10H,1-3H3,(H,18,20). The quantitative estimate of drug-likeness (QED) is 0.931. The molecular weight excluding hydrogens is 259 g/mol. The van der Waals surface area contributed by atoms with Crippen LogP contribution >= 0.6 is 0 Å². The molecule has 1 amide bonds. The Kier molecular flexibility index (Phi) is 4.12. The monoisotopic (exact) mass is 276 g/mol. The third kappa shape index (κ3) is 3.20. The van der Waals surface area contributed by atoms with E-state index < -0.39 is 5.82 Å². The molecule has 2 rings (SSSR count). The summed E-state index contributed by atoms with van der Waals surface area (Å²) in [5.41, 5.74) is 0.885. The summed E-state index contributed by atoms with van der Waals surface area (Å²) in [6, 6.07) is 3.45. The van der Waals surface area contributed by atoms with E-state index in [1.165, 1.54) is 10.9 Å². The van der Waals surface area contributed by atoms with Crippen LogP contribution in [0, 0.1) is 11.7 Å². The molecule has 1 N–H and O–H groups in total. The van der Waals surface area contributed by atoms with E-state index in [9.17, 15) is 9.18 Å². The van der Waals surface area contributed by atoms with Crippen LogP contribution < -0.4 is 5.32 Å². The molecule has 1 atom stereocenters. The molecule has 2 aromatic rings. The molecule has 0 saturated heterocycles. The van der Waals surface area contributed by atoms with Crippen molar-refractivity contribution in [3.8, 4) is 5.82 Å². The smallest absolute Gasteiger partial charge is 0.223 e. The van der Waals surface area contributed by atoms with Crippen molar-refractivity contribution in [2.24, 2.45) is 5.92 Å². The second-order valence-corrected chi connectivity index (χ2v) is 4.94. The van der Waals surface area contributed by atoms with Crippen LogP contribution in [-0.2, 0) is 4.79 Å². The van der Waals surface area contributed by atoms with E-state index in [-0.39, 0.29) is 17.9 Å². The molecule has 0 spiro atoms. The van der Waals surface area contributed by atoms with Gasteiger partial charge in [-0.25, -0.2) is 14.1 Å². The van der Waals surface area contributed by atoms with Gasteiger partial charge in [0.15, 0.2) is 11.6 Å². The van der Waals surface area contributed by atoms with Crippen molar-refractivity contribution < 1.29 is 9.18 Å². The van der Waals surface area contributed by atoms with Gasteiger partial charge < -0.3 is 5.32 Å². The minimum absolute atomic E-state index is 0.00396. The summed E-state index contributed by atoms with van der Waals surface area (Å²) in [5.74, 6) is 0.0564. The van der Waals surface area contributed by atoms with Crippen molar-refractivity contribution in [2.75, 3.05) is 0 Å². The van der Waals surface area contributed by atoms with Crippen molar-refractivity contribution in [3.05, 3.63) is 42.1 Å². The van der Waals surface area contributed by atoms with Crippen LogP contribution in [0.2, 0.25) is 0 Å². The molecule has 0 bridgehead atoms. The number of hydrogen-bond acceptors (Lipinski definition) is 3. The van der Waals surface area contributed by atoms with E-state index in [2.05, 4.69) is 15.4 Å². The molecule has 2 heterocycles. The lowest BCUT2D eigenvalue weighted by Gasteiger charge is -2.15. The number of nitrogens with zero attached hydrogens (tertiary/aromatic N) is 3. The van der Waals surface area contributed by atoms with E-state index in [0.29, 0.717) is 5.82 Å². The fourth-order valence-corrected chi connectivity index (χ4v) is 1.68. The number of pyridine rings is 1. The summed E-state index contributed by atoms with van der Waals surface area (Å²) in [6.45, 7) is 5.58. The van der Waals surface area contributed by atoms with Gasteiger partial charge in [-0.3, -0.25) is 4.79 Å². The van der Waals surface area contributed by atoms with E-state index in [1.54, 1.807) is 12.3 Å². The zero-order valence-corrected chi connectivity index (χ0v) is 11.7. The molecule has 0 aliphatic heterocycles. The third-order valence-corrected chi connectivity index (χ3v) is 2.94. The fourth-order valence-electron chi connectivity index (χ4n) is 1.68. The van der Waals surface area contributed by atoms with Crippen molar-refractivity contribution in [2.45, 2.75) is 26.8 Å². The maximum absolute atomic E-state index is 12.9. The predicted octanol–water partition coefficient (Wildman–Crippen LogP) is 2.24. The minimum Gasteiger partial charge on any atom is -0.349 e. The Balaban J connectivity index is 2.10. The van der Waals surface area contributed by atoms with Gasteiger partial charge in [-0.05, 0) is 18.6 Å². The van der Waals surface area contributed by atoms with Gasteiger partial charge in [0.05, 0.1) is 18.4 Å². The first-order valence-electron chi connectivity index (χ1n) is 6.44. The highest BCUT2D eigenvalue weighted by Gasteiger charge is 2.13. The largest absolute Gasteiger partial charge is 0.349 e. The molecule has 20 heavy (non-hydrogen) atoms. The number of halogens is 1. The van der Waals surface area contributed by atoms with E-state index in [4.69, 9.17) is 0 Å². The summed E-state index contributed by atoms with van der Waals surface area (Å²) in [7, 11) is 0. The Morgan fingerprint density at radius 2 is 2.05 bits per heavy atom. The van der Waals surface area contributed by atoms with Crippen molar-refractivity contribution in [3.63, 3.8) is 0 Å².